The van der Waals surface area contributed by atoms with Gasteiger partial charge in [-0.25, -0.2) is 0 Å². The number of carbonyl (C=O) groups is 1. The summed E-state index contributed by atoms with van der Waals surface area (Å²) in [6.45, 7) is 2.67. The molecule has 5 nitrogen and oxygen atoms in total. The molecule has 1 aliphatic heterocycles. The van der Waals surface area contributed by atoms with Crippen molar-refractivity contribution < 1.29 is 9.53 Å². The van der Waals surface area contributed by atoms with Gasteiger partial charge in [0.2, 0.25) is 0 Å². The number of likely N-dealkylation sites (tertiary alicyclic amines) is 1. The number of rotatable bonds is 6. The third kappa shape index (κ3) is 4.08. The van der Waals surface area contributed by atoms with Crippen LogP contribution in [-0.2, 0) is 0 Å². The minimum atomic E-state index is -0.0839. The fraction of sp³-hybridized carbons (Fsp3) is 0.318. The number of aromatic nitrogens is 1. The van der Waals surface area contributed by atoms with Crippen molar-refractivity contribution in [3.63, 3.8) is 0 Å². The predicted molar refractivity (Wildman–Crippen MR) is 115 cm³/mol. The van der Waals surface area contributed by atoms with Crippen LogP contribution < -0.4 is 10.1 Å². The van der Waals surface area contributed by atoms with Gasteiger partial charge in [-0.2, -0.15) is 0 Å². The molecule has 6 heteroatoms. The number of halogens is 1. The van der Waals surface area contributed by atoms with Gasteiger partial charge in [-0.3, -0.25) is 9.69 Å². The first-order valence-corrected chi connectivity index (χ1v) is 10.4. The number of H-pyrrole nitrogens is 1. The zero-order valence-electron chi connectivity index (χ0n) is 15.9. The van der Waals surface area contributed by atoms with E-state index in [2.05, 4.69) is 43.3 Å². The van der Waals surface area contributed by atoms with Crippen LogP contribution in [0.3, 0.4) is 0 Å². The number of ether oxygens (including phenoxy) is 1. The van der Waals surface area contributed by atoms with Crippen molar-refractivity contribution in [3.8, 4) is 5.75 Å². The zero-order chi connectivity index (χ0) is 19.5. The first-order valence-electron chi connectivity index (χ1n) is 9.58. The Morgan fingerprint density at radius 3 is 2.82 bits per heavy atom. The second kappa shape index (κ2) is 8.37. The van der Waals surface area contributed by atoms with Crippen LogP contribution in [-0.4, -0.2) is 42.5 Å². The molecule has 28 heavy (non-hydrogen) atoms. The molecule has 0 spiro atoms. The van der Waals surface area contributed by atoms with Crippen LogP contribution in [0.5, 0.6) is 5.75 Å². The molecule has 0 aliphatic carbocycles. The minimum absolute atomic E-state index is 0.0839. The van der Waals surface area contributed by atoms with E-state index in [1.54, 1.807) is 7.11 Å². The highest BCUT2D eigenvalue weighted by atomic mass is 79.9. The number of amides is 1. The Morgan fingerprint density at radius 2 is 2.04 bits per heavy atom. The lowest BCUT2D eigenvalue weighted by atomic mass is 10.0. The van der Waals surface area contributed by atoms with E-state index in [0.29, 0.717) is 12.2 Å². The first-order chi connectivity index (χ1) is 13.6. The molecule has 0 saturated carbocycles. The summed E-state index contributed by atoms with van der Waals surface area (Å²) in [6.07, 6.45) is 2.40. The number of aromatic amines is 1. The number of carbonyl (C=O) groups excluding carboxylic acids is 1. The number of hydrogen-bond donors (Lipinski definition) is 2. The third-order valence-corrected chi connectivity index (χ3v) is 5.84. The quantitative estimate of drug-likeness (QED) is 0.591. The van der Waals surface area contributed by atoms with Crippen LogP contribution in [0.4, 0.5) is 0 Å². The summed E-state index contributed by atoms with van der Waals surface area (Å²) < 4.78 is 6.39. The molecule has 2 N–H and O–H groups in total. The van der Waals surface area contributed by atoms with E-state index >= 15 is 0 Å². The van der Waals surface area contributed by atoms with Crippen molar-refractivity contribution in [1.82, 2.24) is 15.2 Å². The predicted octanol–water partition coefficient (Wildman–Crippen LogP) is 4.51. The van der Waals surface area contributed by atoms with Crippen molar-refractivity contribution in [2.45, 2.75) is 18.9 Å². The Bertz CT molecular complexity index is 979. The molecule has 1 atom stereocenters. The molecule has 1 saturated heterocycles. The summed E-state index contributed by atoms with van der Waals surface area (Å²) >= 11 is 3.47. The second-order valence-corrected chi connectivity index (χ2v) is 8.08. The maximum absolute atomic E-state index is 12.8. The molecule has 1 unspecified atom stereocenters. The smallest absolute Gasteiger partial charge is 0.267 e. The number of hydrogen-bond acceptors (Lipinski definition) is 3. The molecule has 1 fully saturated rings. The third-order valence-electron chi connectivity index (χ3n) is 5.34. The molecular weight excluding hydrogens is 418 g/mol. The van der Waals surface area contributed by atoms with Gasteiger partial charge < -0.3 is 15.0 Å². The Morgan fingerprint density at radius 1 is 1.21 bits per heavy atom. The van der Waals surface area contributed by atoms with Crippen LogP contribution in [0.1, 0.15) is 34.9 Å². The summed E-state index contributed by atoms with van der Waals surface area (Å²) in [5, 5.41) is 4.14. The van der Waals surface area contributed by atoms with Crippen LogP contribution in [0.2, 0.25) is 0 Å². The van der Waals surface area contributed by atoms with Crippen LogP contribution in [0.25, 0.3) is 10.9 Å². The van der Waals surface area contributed by atoms with Gasteiger partial charge >= 0.3 is 0 Å². The first kappa shape index (κ1) is 19.0. The standard InChI is InChI=1S/C22H24BrN3O2/c1-28-18-6-4-5-15(12-18)21(26-9-2-3-10-26)14-24-22(27)20-13-16-11-17(23)7-8-19(16)25-20/h4-8,11-13,21,25H,2-3,9-10,14H2,1H3,(H,24,27). The molecule has 1 amide bonds. The van der Waals surface area contributed by atoms with Crippen molar-refractivity contribution in [2.24, 2.45) is 0 Å². The normalized spacial score (nSPS) is 15.6. The second-order valence-electron chi connectivity index (χ2n) is 7.16. The minimum Gasteiger partial charge on any atom is -0.497 e. The maximum Gasteiger partial charge on any atom is 0.267 e. The van der Waals surface area contributed by atoms with Crippen molar-refractivity contribution in [2.75, 3.05) is 26.7 Å². The van der Waals surface area contributed by atoms with Gasteiger partial charge in [0, 0.05) is 21.9 Å². The molecule has 1 aliphatic rings. The number of nitrogens with one attached hydrogen (secondary N) is 2. The van der Waals surface area contributed by atoms with Gasteiger partial charge in [0.05, 0.1) is 13.2 Å². The molecule has 2 heterocycles. The SMILES string of the molecule is COc1cccc(C(CNC(=O)c2cc3cc(Br)ccc3[nH]2)N2CCCC2)c1. The number of nitrogens with zero attached hydrogens (tertiary/aromatic N) is 1. The maximum atomic E-state index is 12.8. The summed E-state index contributed by atoms with van der Waals surface area (Å²) in [4.78, 5) is 18.4. The van der Waals surface area contributed by atoms with Crippen molar-refractivity contribution in [1.29, 1.82) is 0 Å². The topological polar surface area (TPSA) is 57.4 Å². The summed E-state index contributed by atoms with van der Waals surface area (Å²) in [5.74, 6) is 0.758. The molecule has 1 aromatic heterocycles. The van der Waals surface area contributed by atoms with Crippen molar-refractivity contribution >= 4 is 32.7 Å². The van der Waals surface area contributed by atoms with Crippen LogP contribution >= 0.6 is 15.9 Å². The highest BCUT2D eigenvalue weighted by Gasteiger charge is 2.24. The van der Waals surface area contributed by atoms with Gasteiger partial charge in [0.25, 0.3) is 5.91 Å². The van der Waals surface area contributed by atoms with Gasteiger partial charge in [0.15, 0.2) is 0 Å². The monoisotopic (exact) mass is 441 g/mol. The number of fused-ring (bicyclic) bond motifs is 1. The summed E-state index contributed by atoms with van der Waals surface area (Å²) in [7, 11) is 1.68. The molecular formula is C22H24BrN3O2. The van der Waals surface area contributed by atoms with E-state index in [0.717, 1.165) is 34.2 Å². The van der Waals surface area contributed by atoms with Gasteiger partial charge in [-0.05, 0) is 67.9 Å². The molecule has 0 bridgehead atoms. The van der Waals surface area contributed by atoms with Crippen LogP contribution in [0.15, 0.2) is 53.0 Å². The van der Waals surface area contributed by atoms with E-state index in [4.69, 9.17) is 4.74 Å². The highest BCUT2D eigenvalue weighted by molar-refractivity contribution is 9.10. The fourth-order valence-electron chi connectivity index (χ4n) is 3.87. The van der Waals surface area contributed by atoms with E-state index in [1.807, 2.05) is 36.4 Å². The van der Waals surface area contributed by atoms with Gasteiger partial charge in [-0.1, -0.05) is 28.1 Å². The van der Waals surface area contributed by atoms with Crippen molar-refractivity contribution in [3.05, 3.63) is 64.3 Å². The lowest BCUT2D eigenvalue weighted by molar-refractivity contribution is 0.0933. The summed E-state index contributed by atoms with van der Waals surface area (Å²) in [5.41, 5.74) is 2.71. The van der Waals surface area contributed by atoms with E-state index in [-0.39, 0.29) is 11.9 Å². The Kier molecular flexibility index (Phi) is 5.69. The average Bonchev–Trinajstić information content (AvgIpc) is 3.38. The van der Waals surface area contributed by atoms with E-state index in [9.17, 15) is 4.79 Å². The lowest BCUT2D eigenvalue weighted by Crippen LogP contribution is -2.36. The zero-order valence-corrected chi connectivity index (χ0v) is 17.5. The number of benzene rings is 2. The van der Waals surface area contributed by atoms with Gasteiger partial charge in [-0.15, -0.1) is 0 Å². The molecule has 4 rings (SSSR count). The van der Waals surface area contributed by atoms with E-state index < -0.39 is 0 Å². The van der Waals surface area contributed by atoms with Crippen LogP contribution in [0, 0.1) is 0 Å². The Labute approximate surface area is 173 Å². The van der Waals surface area contributed by atoms with Gasteiger partial charge in [0.1, 0.15) is 11.4 Å². The molecule has 2 aromatic carbocycles. The highest BCUT2D eigenvalue weighted by Crippen LogP contribution is 2.27. The Balaban J connectivity index is 1.52. The fourth-order valence-corrected chi connectivity index (χ4v) is 4.25. The summed E-state index contributed by atoms with van der Waals surface area (Å²) in [6, 6.07) is 16.1. The molecule has 3 aromatic rings. The molecule has 0 radical (unpaired) electrons. The number of methoxy groups -OCH3 is 1. The molecule has 146 valence electrons. The Hall–Kier alpha value is -2.31. The van der Waals surface area contributed by atoms with E-state index in [1.165, 1.54) is 18.4 Å². The lowest BCUT2D eigenvalue weighted by Gasteiger charge is -2.28. The largest absolute Gasteiger partial charge is 0.497 e. The average molecular weight is 442 g/mol.